The lowest BCUT2D eigenvalue weighted by molar-refractivity contribution is -0.0144. The van der Waals surface area contributed by atoms with E-state index in [1.807, 2.05) is 0 Å². The molecule has 0 bridgehead atoms. The highest BCUT2D eigenvalue weighted by molar-refractivity contribution is 4.94. The molecular weight excluding hydrogens is 448 g/mol. The lowest BCUT2D eigenvalue weighted by Gasteiger charge is -2.49. The first-order valence-corrected chi connectivity index (χ1v) is 16.2. The van der Waals surface area contributed by atoms with Crippen molar-refractivity contribution in [3.63, 3.8) is 0 Å². The summed E-state index contributed by atoms with van der Waals surface area (Å²) in [6.45, 7) is 0. The Morgan fingerprint density at radius 3 is 0.556 bits per heavy atom. The number of hydrogen-bond acceptors (Lipinski definition) is 4. The van der Waals surface area contributed by atoms with Crippen LogP contribution in [0.1, 0.15) is 128 Å². The summed E-state index contributed by atoms with van der Waals surface area (Å²) in [5.41, 5.74) is 0. The molecule has 5 aliphatic carbocycles. The van der Waals surface area contributed by atoms with E-state index in [-0.39, 0.29) is 24.4 Å². The van der Waals surface area contributed by atoms with Gasteiger partial charge in [0.1, 0.15) is 0 Å². The molecule has 208 valence electrons. The number of rotatable bonds is 6. The molecule has 5 fully saturated rings. The summed E-state index contributed by atoms with van der Waals surface area (Å²) >= 11 is 0. The van der Waals surface area contributed by atoms with Gasteiger partial charge >= 0.3 is 0 Å². The van der Waals surface area contributed by atoms with Gasteiger partial charge < -0.3 is 20.4 Å². The highest BCUT2D eigenvalue weighted by Crippen LogP contribution is 2.52. The van der Waals surface area contributed by atoms with Gasteiger partial charge in [0.05, 0.1) is 24.4 Å². The Balaban J connectivity index is 1.25. The van der Waals surface area contributed by atoms with Crippen LogP contribution >= 0.6 is 0 Å². The van der Waals surface area contributed by atoms with Crippen LogP contribution in [0, 0.1) is 47.3 Å². The van der Waals surface area contributed by atoms with Crippen LogP contribution in [0.4, 0.5) is 0 Å². The molecule has 0 aromatic rings. The van der Waals surface area contributed by atoms with Gasteiger partial charge in [-0.05, 0) is 176 Å². The topological polar surface area (TPSA) is 80.9 Å². The molecule has 0 aromatic carbocycles. The fourth-order valence-corrected chi connectivity index (χ4v) is 10.2. The quantitative estimate of drug-likeness (QED) is 0.346. The van der Waals surface area contributed by atoms with Gasteiger partial charge in [-0.15, -0.1) is 0 Å². The lowest BCUT2D eigenvalue weighted by atomic mass is 9.57. The predicted molar refractivity (Wildman–Crippen MR) is 144 cm³/mol. The fraction of sp³-hybridized carbons (Fsp3) is 1.00. The second-order valence-corrected chi connectivity index (χ2v) is 14.1. The van der Waals surface area contributed by atoms with Gasteiger partial charge in [-0.2, -0.15) is 0 Å². The van der Waals surface area contributed by atoms with E-state index in [0.717, 1.165) is 98.7 Å². The third-order valence-electron chi connectivity index (χ3n) is 12.0. The van der Waals surface area contributed by atoms with Crippen molar-refractivity contribution < 1.29 is 20.4 Å². The maximum absolute atomic E-state index is 10.2. The van der Waals surface area contributed by atoms with Gasteiger partial charge in [-0.25, -0.2) is 0 Å². The molecule has 0 atom stereocenters. The molecule has 0 heterocycles. The Kier molecular flexibility index (Phi) is 9.74. The van der Waals surface area contributed by atoms with Gasteiger partial charge in [0, 0.05) is 0 Å². The maximum Gasteiger partial charge on any atom is 0.0540 e. The highest BCUT2D eigenvalue weighted by atomic mass is 16.3. The van der Waals surface area contributed by atoms with Crippen molar-refractivity contribution in [1.82, 2.24) is 0 Å². The second kappa shape index (κ2) is 12.8. The van der Waals surface area contributed by atoms with Crippen LogP contribution in [0.3, 0.4) is 0 Å². The van der Waals surface area contributed by atoms with E-state index in [0.29, 0.717) is 0 Å². The van der Waals surface area contributed by atoms with Crippen molar-refractivity contribution in [3.8, 4) is 0 Å². The van der Waals surface area contributed by atoms with Crippen molar-refractivity contribution in [2.75, 3.05) is 0 Å². The first-order valence-electron chi connectivity index (χ1n) is 16.2. The number of hydrogen-bond donors (Lipinski definition) is 4. The molecule has 0 saturated heterocycles. The molecule has 0 unspecified atom stereocenters. The third-order valence-corrected chi connectivity index (χ3v) is 12.0. The number of aliphatic hydroxyl groups is 4. The third kappa shape index (κ3) is 6.69. The second-order valence-electron chi connectivity index (χ2n) is 14.1. The van der Waals surface area contributed by atoms with E-state index < -0.39 is 0 Å². The Labute approximate surface area is 220 Å². The Hall–Kier alpha value is -0.160. The maximum atomic E-state index is 10.2. The summed E-state index contributed by atoms with van der Waals surface area (Å²) in [6, 6.07) is 0. The Morgan fingerprint density at radius 2 is 0.389 bits per heavy atom. The van der Waals surface area contributed by atoms with Crippen molar-refractivity contribution in [1.29, 1.82) is 0 Å². The largest absolute Gasteiger partial charge is 0.393 e. The zero-order chi connectivity index (χ0) is 25.1. The van der Waals surface area contributed by atoms with Crippen LogP contribution in [-0.4, -0.2) is 44.8 Å². The minimum absolute atomic E-state index is 0.0744. The average Bonchev–Trinajstić information content (AvgIpc) is 2.90. The molecule has 0 aromatic heterocycles. The van der Waals surface area contributed by atoms with Crippen molar-refractivity contribution in [2.24, 2.45) is 47.3 Å². The van der Waals surface area contributed by atoms with Crippen LogP contribution in [0.25, 0.3) is 0 Å². The van der Waals surface area contributed by atoms with Crippen LogP contribution < -0.4 is 0 Å². The zero-order valence-corrected chi connectivity index (χ0v) is 22.9. The van der Waals surface area contributed by atoms with Crippen LogP contribution in [0.5, 0.6) is 0 Å². The summed E-state index contributed by atoms with van der Waals surface area (Å²) in [5, 5.41) is 40.7. The standard InChI is InChI=1S/C32H56O4/c33-27-13-5-23(6-14-27)31(24-7-15-28(34)16-8-24)21-1-2-22(4-3-21)32(25-9-17-29(35)18-10-25)26-11-19-30(36)20-12-26/h21-36H,1-20H2. The molecule has 0 radical (unpaired) electrons. The van der Waals surface area contributed by atoms with Gasteiger partial charge in [-0.1, -0.05) is 0 Å². The minimum Gasteiger partial charge on any atom is -0.393 e. The molecule has 5 aliphatic rings. The zero-order valence-electron chi connectivity index (χ0n) is 22.9. The normalized spacial score (nSPS) is 46.7. The van der Waals surface area contributed by atoms with Crippen molar-refractivity contribution in [3.05, 3.63) is 0 Å². The van der Waals surface area contributed by atoms with Gasteiger partial charge in [0.2, 0.25) is 0 Å². The van der Waals surface area contributed by atoms with E-state index in [1.54, 1.807) is 0 Å². The Morgan fingerprint density at radius 1 is 0.250 bits per heavy atom. The van der Waals surface area contributed by atoms with Gasteiger partial charge in [0.15, 0.2) is 0 Å². The van der Waals surface area contributed by atoms with Crippen LogP contribution in [0.15, 0.2) is 0 Å². The van der Waals surface area contributed by atoms with Gasteiger partial charge in [0.25, 0.3) is 0 Å². The smallest absolute Gasteiger partial charge is 0.0540 e. The molecule has 0 spiro atoms. The van der Waals surface area contributed by atoms with Crippen LogP contribution in [-0.2, 0) is 0 Å². The summed E-state index contributed by atoms with van der Waals surface area (Å²) in [7, 11) is 0. The monoisotopic (exact) mass is 504 g/mol. The summed E-state index contributed by atoms with van der Waals surface area (Å²) in [5.74, 6) is 6.42. The van der Waals surface area contributed by atoms with Crippen molar-refractivity contribution in [2.45, 2.75) is 153 Å². The fourth-order valence-electron chi connectivity index (χ4n) is 10.2. The van der Waals surface area contributed by atoms with E-state index in [2.05, 4.69) is 0 Å². The summed E-state index contributed by atoms with van der Waals surface area (Å²) in [4.78, 5) is 0. The first-order chi connectivity index (χ1) is 17.5. The molecule has 0 aliphatic heterocycles. The summed E-state index contributed by atoms with van der Waals surface area (Å²) in [6.07, 6.45) is 22.9. The van der Waals surface area contributed by atoms with E-state index in [1.165, 1.54) is 77.0 Å². The average molecular weight is 505 g/mol. The highest BCUT2D eigenvalue weighted by Gasteiger charge is 2.44. The molecule has 0 amide bonds. The minimum atomic E-state index is -0.0744. The Bertz CT molecular complexity index is 529. The molecule has 4 N–H and O–H groups in total. The molecule has 4 nitrogen and oxygen atoms in total. The van der Waals surface area contributed by atoms with E-state index >= 15 is 0 Å². The molecule has 36 heavy (non-hydrogen) atoms. The number of aliphatic hydroxyl groups excluding tert-OH is 4. The SMILES string of the molecule is OC1CCC(C(C2CCC(O)CC2)C2CCC(C(C3CCC(O)CC3)C3CCC(O)CC3)CC2)CC1. The molecular formula is C32H56O4. The van der Waals surface area contributed by atoms with Crippen LogP contribution in [0.2, 0.25) is 0 Å². The lowest BCUT2D eigenvalue weighted by Crippen LogP contribution is -2.41. The molecule has 4 heteroatoms. The van der Waals surface area contributed by atoms with E-state index in [9.17, 15) is 20.4 Å². The van der Waals surface area contributed by atoms with Crippen molar-refractivity contribution >= 4 is 0 Å². The first kappa shape index (κ1) is 27.4. The summed E-state index contributed by atoms with van der Waals surface area (Å²) < 4.78 is 0. The molecule has 5 rings (SSSR count). The predicted octanol–water partition coefficient (Wildman–Crippen LogP) is 6.23. The molecule has 5 saturated carbocycles. The van der Waals surface area contributed by atoms with Gasteiger partial charge in [-0.3, -0.25) is 0 Å². The van der Waals surface area contributed by atoms with E-state index in [4.69, 9.17) is 0 Å².